The quantitative estimate of drug-likeness (QED) is 0.829. The fourth-order valence-electron chi connectivity index (χ4n) is 2.28. The molecule has 2 aromatic rings. The van der Waals surface area contributed by atoms with Crippen LogP contribution in [0.5, 0.6) is 0 Å². The monoisotopic (exact) mass is 305 g/mol. The van der Waals surface area contributed by atoms with Crippen molar-refractivity contribution in [3.8, 4) is 0 Å². The van der Waals surface area contributed by atoms with E-state index in [4.69, 9.17) is 18.0 Å². The highest BCUT2D eigenvalue weighted by molar-refractivity contribution is 7.80. The second-order valence-electron chi connectivity index (χ2n) is 4.74. The summed E-state index contributed by atoms with van der Waals surface area (Å²) < 4.78 is 0. The van der Waals surface area contributed by atoms with E-state index in [1.807, 2.05) is 19.9 Å². The van der Waals surface area contributed by atoms with Crippen molar-refractivity contribution in [3.63, 3.8) is 0 Å². The summed E-state index contributed by atoms with van der Waals surface area (Å²) in [5.41, 5.74) is 10.1. The van der Waals surface area contributed by atoms with Gasteiger partial charge in [-0.3, -0.25) is 0 Å². The third kappa shape index (κ3) is 3.16. The summed E-state index contributed by atoms with van der Waals surface area (Å²) >= 11 is 6.91. The predicted molar refractivity (Wildman–Crippen MR) is 90.6 cm³/mol. The SMILES string of the molecule is CCc1ccsc1CNc1nc(C)cc(C)c1C(N)=S. The van der Waals surface area contributed by atoms with Gasteiger partial charge >= 0.3 is 0 Å². The van der Waals surface area contributed by atoms with Gasteiger partial charge in [-0.2, -0.15) is 0 Å². The van der Waals surface area contributed by atoms with Crippen molar-refractivity contribution in [1.29, 1.82) is 0 Å². The molecular formula is C15H19N3S2. The number of hydrogen-bond acceptors (Lipinski definition) is 4. The van der Waals surface area contributed by atoms with Gasteiger partial charge in [0.2, 0.25) is 0 Å². The average Bonchev–Trinajstić information content (AvgIpc) is 2.82. The Morgan fingerprint density at radius 1 is 1.45 bits per heavy atom. The van der Waals surface area contributed by atoms with Crippen LogP contribution in [0.15, 0.2) is 17.5 Å². The number of thiophene rings is 1. The highest BCUT2D eigenvalue weighted by atomic mass is 32.1. The van der Waals surface area contributed by atoms with Crippen molar-refractivity contribution in [3.05, 3.63) is 44.8 Å². The van der Waals surface area contributed by atoms with Crippen molar-refractivity contribution < 1.29 is 0 Å². The molecule has 2 rings (SSSR count). The van der Waals surface area contributed by atoms with E-state index in [2.05, 4.69) is 28.7 Å². The number of nitrogens with zero attached hydrogens (tertiary/aromatic N) is 1. The van der Waals surface area contributed by atoms with Crippen LogP contribution in [0.25, 0.3) is 0 Å². The Bertz CT molecular complexity index is 632. The molecule has 0 saturated carbocycles. The van der Waals surface area contributed by atoms with Crippen molar-refractivity contribution in [2.75, 3.05) is 5.32 Å². The molecule has 20 heavy (non-hydrogen) atoms. The topological polar surface area (TPSA) is 50.9 Å². The van der Waals surface area contributed by atoms with E-state index in [1.54, 1.807) is 11.3 Å². The van der Waals surface area contributed by atoms with E-state index in [-0.39, 0.29) is 0 Å². The Hall–Kier alpha value is -1.46. The van der Waals surface area contributed by atoms with Gasteiger partial charge in [0.15, 0.2) is 0 Å². The standard InChI is InChI=1S/C15H19N3S2/c1-4-11-5-6-20-12(11)8-17-15-13(14(16)19)9(2)7-10(3)18-15/h5-7H,4,8H2,1-3H3,(H2,16,19)(H,17,18). The van der Waals surface area contributed by atoms with Crippen LogP contribution in [0.2, 0.25) is 0 Å². The molecule has 0 aromatic carbocycles. The van der Waals surface area contributed by atoms with Gasteiger partial charge in [0.1, 0.15) is 10.8 Å². The Morgan fingerprint density at radius 3 is 2.85 bits per heavy atom. The number of aromatic nitrogens is 1. The fourth-order valence-corrected chi connectivity index (χ4v) is 3.45. The Morgan fingerprint density at radius 2 is 2.20 bits per heavy atom. The number of hydrogen-bond donors (Lipinski definition) is 2. The molecule has 0 unspecified atom stereocenters. The maximum absolute atomic E-state index is 5.82. The van der Waals surface area contributed by atoms with Gasteiger partial charge in [-0.05, 0) is 48.9 Å². The maximum Gasteiger partial charge on any atom is 0.137 e. The highest BCUT2D eigenvalue weighted by Crippen LogP contribution is 2.22. The third-order valence-corrected chi connectivity index (χ3v) is 4.39. The lowest BCUT2D eigenvalue weighted by atomic mass is 10.1. The number of nitrogens with one attached hydrogen (secondary N) is 1. The van der Waals surface area contributed by atoms with Crippen LogP contribution >= 0.6 is 23.6 Å². The average molecular weight is 305 g/mol. The van der Waals surface area contributed by atoms with E-state index in [1.165, 1.54) is 10.4 Å². The van der Waals surface area contributed by atoms with E-state index in [9.17, 15) is 0 Å². The van der Waals surface area contributed by atoms with Gasteiger partial charge in [-0.25, -0.2) is 4.98 Å². The first-order valence-corrected chi connectivity index (χ1v) is 7.88. The molecule has 2 heterocycles. The first-order valence-electron chi connectivity index (χ1n) is 6.60. The molecule has 0 fully saturated rings. The lowest BCUT2D eigenvalue weighted by Crippen LogP contribution is -2.16. The van der Waals surface area contributed by atoms with Gasteiger partial charge in [0, 0.05) is 10.6 Å². The lowest BCUT2D eigenvalue weighted by Gasteiger charge is -2.13. The molecule has 0 aliphatic rings. The molecule has 0 saturated heterocycles. The van der Waals surface area contributed by atoms with E-state index in [0.29, 0.717) is 4.99 Å². The number of pyridine rings is 1. The highest BCUT2D eigenvalue weighted by Gasteiger charge is 2.12. The minimum absolute atomic E-state index is 0.388. The molecule has 0 bridgehead atoms. The Labute approximate surface area is 129 Å². The second kappa shape index (κ2) is 6.33. The van der Waals surface area contributed by atoms with Crippen LogP contribution in [-0.4, -0.2) is 9.97 Å². The van der Waals surface area contributed by atoms with Gasteiger partial charge in [0.05, 0.1) is 12.1 Å². The summed E-state index contributed by atoms with van der Waals surface area (Å²) in [6.45, 7) is 6.91. The van der Waals surface area contributed by atoms with Crippen LogP contribution in [0.1, 0.15) is 34.2 Å². The van der Waals surface area contributed by atoms with Gasteiger partial charge < -0.3 is 11.1 Å². The zero-order valence-corrected chi connectivity index (χ0v) is 13.6. The van der Waals surface area contributed by atoms with E-state index in [0.717, 1.165) is 35.6 Å². The largest absolute Gasteiger partial charge is 0.389 e. The van der Waals surface area contributed by atoms with Crippen LogP contribution in [0.4, 0.5) is 5.82 Å². The summed E-state index contributed by atoms with van der Waals surface area (Å²) in [4.78, 5) is 6.26. The summed E-state index contributed by atoms with van der Waals surface area (Å²) in [7, 11) is 0. The summed E-state index contributed by atoms with van der Waals surface area (Å²) in [6, 6.07) is 4.17. The molecule has 0 aliphatic heterocycles. The van der Waals surface area contributed by atoms with Gasteiger partial charge in [-0.15, -0.1) is 11.3 Å². The number of aryl methyl sites for hydroxylation is 3. The van der Waals surface area contributed by atoms with Gasteiger partial charge in [-0.1, -0.05) is 19.1 Å². The number of nitrogens with two attached hydrogens (primary N) is 1. The minimum Gasteiger partial charge on any atom is -0.389 e. The third-order valence-electron chi connectivity index (χ3n) is 3.23. The Balaban J connectivity index is 2.27. The molecule has 5 heteroatoms. The predicted octanol–water partition coefficient (Wildman–Crippen LogP) is 3.57. The summed E-state index contributed by atoms with van der Waals surface area (Å²) in [5, 5.41) is 5.51. The van der Waals surface area contributed by atoms with Crippen molar-refractivity contribution >= 4 is 34.4 Å². The first kappa shape index (κ1) is 14.9. The molecule has 2 aromatic heterocycles. The molecule has 3 nitrogen and oxygen atoms in total. The molecule has 0 atom stereocenters. The lowest BCUT2D eigenvalue weighted by molar-refractivity contribution is 1.05. The maximum atomic E-state index is 5.82. The second-order valence-corrected chi connectivity index (χ2v) is 6.19. The minimum atomic E-state index is 0.388. The molecule has 0 aliphatic carbocycles. The van der Waals surface area contributed by atoms with Crippen molar-refractivity contribution in [2.24, 2.45) is 5.73 Å². The molecular weight excluding hydrogens is 286 g/mol. The van der Waals surface area contributed by atoms with Crippen LogP contribution in [0.3, 0.4) is 0 Å². The van der Waals surface area contributed by atoms with E-state index < -0.39 is 0 Å². The number of thiocarbonyl (C=S) groups is 1. The number of anilines is 1. The van der Waals surface area contributed by atoms with Crippen LogP contribution in [0, 0.1) is 13.8 Å². The zero-order valence-electron chi connectivity index (χ0n) is 12.0. The van der Waals surface area contributed by atoms with Gasteiger partial charge in [0.25, 0.3) is 0 Å². The Kier molecular flexibility index (Phi) is 4.73. The van der Waals surface area contributed by atoms with Crippen molar-refractivity contribution in [2.45, 2.75) is 33.7 Å². The van der Waals surface area contributed by atoms with E-state index >= 15 is 0 Å². The molecule has 0 amide bonds. The van der Waals surface area contributed by atoms with Crippen LogP contribution in [-0.2, 0) is 13.0 Å². The summed E-state index contributed by atoms with van der Waals surface area (Å²) in [6.07, 6.45) is 1.04. The van der Waals surface area contributed by atoms with Crippen LogP contribution < -0.4 is 11.1 Å². The first-order chi connectivity index (χ1) is 9.52. The zero-order chi connectivity index (χ0) is 14.7. The molecule has 0 radical (unpaired) electrons. The normalized spacial score (nSPS) is 10.6. The summed E-state index contributed by atoms with van der Waals surface area (Å²) in [5.74, 6) is 0.783. The smallest absolute Gasteiger partial charge is 0.137 e. The number of rotatable bonds is 5. The fraction of sp³-hybridized carbons (Fsp3) is 0.333. The van der Waals surface area contributed by atoms with Crippen molar-refractivity contribution in [1.82, 2.24) is 4.98 Å². The molecule has 106 valence electrons. The molecule has 0 spiro atoms. The molecule has 3 N–H and O–H groups in total.